The van der Waals surface area contributed by atoms with Crippen LogP contribution in [-0.2, 0) is 0 Å². The van der Waals surface area contributed by atoms with Gasteiger partial charge >= 0.3 is 0 Å². The van der Waals surface area contributed by atoms with Gasteiger partial charge in [-0.25, -0.2) is 9.37 Å². The summed E-state index contributed by atoms with van der Waals surface area (Å²) in [5.74, 6) is -1.15. The molecule has 3 heterocycles. The number of aliphatic hydroxyl groups excluding tert-OH is 1. The third-order valence-electron chi connectivity index (χ3n) is 6.41. The number of likely N-dealkylation sites (N-methyl/N-ethyl adjacent to an activating group) is 1. The Morgan fingerprint density at radius 1 is 1.25 bits per heavy atom. The number of aromatic nitrogens is 2. The zero-order chi connectivity index (χ0) is 25.8. The predicted octanol–water partition coefficient (Wildman–Crippen LogP) is 3.28. The minimum absolute atomic E-state index is 0.163. The number of hydrogen-bond acceptors (Lipinski definition) is 6. The average Bonchev–Trinajstić information content (AvgIpc) is 2.90. The molecular formula is C27H29FN4O4. The maximum absolute atomic E-state index is 13.7. The number of rotatable bonds is 6. The number of nitrogens with zero attached hydrogens (tertiary/aromatic N) is 4. The van der Waals surface area contributed by atoms with Crippen molar-refractivity contribution in [1.82, 2.24) is 19.8 Å². The van der Waals surface area contributed by atoms with Gasteiger partial charge in [0.05, 0.1) is 19.2 Å². The van der Waals surface area contributed by atoms with Gasteiger partial charge in [0.15, 0.2) is 0 Å². The molecule has 1 N–H and O–H groups in total. The van der Waals surface area contributed by atoms with E-state index in [1.54, 1.807) is 49.6 Å². The van der Waals surface area contributed by atoms with Crippen LogP contribution in [0.3, 0.4) is 0 Å². The van der Waals surface area contributed by atoms with Crippen molar-refractivity contribution in [3.63, 3.8) is 0 Å². The van der Waals surface area contributed by atoms with Gasteiger partial charge in [0.2, 0.25) is 5.88 Å². The molecule has 0 fully saturated rings. The van der Waals surface area contributed by atoms with Crippen LogP contribution in [-0.4, -0.2) is 75.6 Å². The van der Waals surface area contributed by atoms with Gasteiger partial charge in [0, 0.05) is 49.2 Å². The highest BCUT2D eigenvalue weighted by Crippen LogP contribution is 2.30. The number of amides is 2. The zero-order valence-corrected chi connectivity index (χ0v) is 20.5. The van der Waals surface area contributed by atoms with Crippen LogP contribution in [0.4, 0.5) is 4.39 Å². The van der Waals surface area contributed by atoms with E-state index in [4.69, 9.17) is 4.74 Å². The lowest BCUT2D eigenvalue weighted by molar-refractivity contribution is 0.0313. The van der Waals surface area contributed by atoms with Crippen molar-refractivity contribution in [3.05, 3.63) is 78.0 Å². The molecule has 4 rings (SSSR count). The predicted molar refractivity (Wildman–Crippen MR) is 132 cm³/mol. The van der Waals surface area contributed by atoms with E-state index < -0.39 is 18.0 Å². The molecule has 0 unspecified atom stereocenters. The van der Waals surface area contributed by atoms with Crippen LogP contribution in [0.5, 0.6) is 5.88 Å². The molecule has 2 amide bonds. The first-order valence-corrected chi connectivity index (χ1v) is 11.8. The molecule has 2 aromatic heterocycles. The SMILES string of the molecule is C[C@H]1CN([C@@H](C)CO)C(=O)c2cc(-c3ccncc3)cnc2O[C@@H]1CN(C)C(=O)c1cccc(F)c1. The molecule has 3 atom stereocenters. The highest BCUT2D eigenvalue weighted by Gasteiger charge is 2.35. The summed E-state index contributed by atoms with van der Waals surface area (Å²) >= 11 is 0. The van der Waals surface area contributed by atoms with E-state index in [0.29, 0.717) is 6.54 Å². The molecule has 1 aliphatic rings. The highest BCUT2D eigenvalue weighted by molar-refractivity contribution is 5.98. The van der Waals surface area contributed by atoms with Gasteiger partial charge in [0.25, 0.3) is 11.8 Å². The second-order valence-corrected chi connectivity index (χ2v) is 9.13. The quantitative estimate of drug-likeness (QED) is 0.568. The summed E-state index contributed by atoms with van der Waals surface area (Å²) in [6, 6.07) is 10.5. The summed E-state index contributed by atoms with van der Waals surface area (Å²) < 4.78 is 19.9. The van der Waals surface area contributed by atoms with Crippen LogP contribution in [0, 0.1) is 11.7 Å². The number of ether oxygens (including phenoxy) is 1. The van der Waals surface area contributed by atoms with Crippen LogP contribution < -0.4 is 4.74 Å². The number of carbonyl (C=O) groups is 2. The van der Waals surface area contributed by atoms with Gasteiger partial charge in [-0.2, -0.15) is 0 Å². The lowest BCUT2D eigenvalue weighted by Gasteiger charge is -2.37. The summed E-state index contributed by atoms with van der Waals surface area (Å²) in [5, 5.41) is 9.84. The number of hydrogen-bond donors (Lipinski definition) is 1. The van der Waals surface area contributed by atoms with Gasteiger partial charge in [-0.05, 0) is 48.9 Å². The molecule has 9 heteroatoms. The Bertz CT molecular complexity index is 1240. The minimum Gasteiger partial charge on any atom is -0.472 e. The van der Waals surface area contributed by atoms with E-state index in [0.717, 1.165) is 11.1 Å². The van der Waals surface area contributed by atoms with Gasteiger partial charge in [0.1, 0.15) is 17.5 Å². The fourth-order valence-electron chi connectivity index (χ4n) is 4.22. The van der Waals surface area contributed by atoms with Gasteiger partial charge < -0.3 is 19.6 Å². The number of fused-ring (bicyclic) bond motifs is 1. The maximum Gasteiger partial charge on any atom is 0.259 e. The third-order valence-corrected chi connectivity index (χ3v) is 6.41. The van der Waals surface area contributed by atoms with E-state index in [2.05, 4.69) is 9.97 Å². The molecule has 3 aromatic rings. The van der Waals surface area contributed by atoms with Gasteiger partial charge in [-0.15, -0.1) is 0 Å². The Balaban J connectivity index is 1.67. The van der Waals surface area contributed by atoms with E-state index in [9.17, 15) is 19.1 Å². The zero-order valence-electron chi connectivity index (χ0n) is 20.5. The summed E-state index contributed by atoms with van der Waals surface area (Å²) in [6.07, 6.45) is 4.44. The Morgan fingerprint density at radius 2 is 2.00 bits per heavy atom. The Morgan fingerprint density at radius 3 is 2.69 bits per heavy atom. The summed E-state index contributed by atoms with van der Waals surface area (Å²) in [7, 11) is 1.63. The van der Waals surface area contributed by atoms with Crippen LogP contribution in [0.2, 0.25) is 0 Å². The molecule has 8 nitrogen and oxygen atoms in total. The summed E-state index contributed by atoms with van der Waals surface area (Å²) in [6.45, 7) is 4.01. The summed E-state index contributed by atoms with van der Waals surface area (Å²) in [4.78, 5) is 38.1. The second kappa shape index (κ2) is 10.8. The fourth-order valence-corrected chi connectivity index (χ4v) is 4.22. The molecule has 1 aliphatic heterocycles. The van der Waals surface area contributed by atoms with Crippen molar-refractivity contribution >= 4 is 11.8 Å². The Hall–Kier alpha value is -3.85. The van der Waals surface area contributed by atoms with Gasteiger partial charge in [-0.3, -0.25) is 14.6 Å². The van der Waals surface area contributed by atoms with E-state index in [1.165, 1.54) is 23.1 Å². The molecule has 0 saturated carbocycles. The normalized spacial score (nSPS) is 18.5. The largest absolute Gasteiger partial charge is 0.472 e. The fraction of sp³-hybridized carbons (Fsp3) is 0.333. The lowest BCUT2D eigenvalue weighted by Crippen LogP contribution is -2.50. The molecule has 1 aromatic carbocycles. The molecule has 0 bridgehead atoms. The van der Waals surface area contributed by atoms with Crippen molar-refractivity contribution in [1.29, 1.82) is 0 Å². The Kier molecular flexibility index (Phi) is 7.59. The first-order valence-electron chi connectivity index (χ1n) is 11.8. The van der Waals surface area contributed by atoms with Crippen molar-refractivity contribution in [3.8, 4) is 17.0 Å². The van der Waals surface area contributed by atoms with Crippen LogP contribution >= 0.6 is 0 Å². The standard InChI is InChI=1S/C27H29FN4O4/c1-17-14-32(18(2)16-33)27(35)23-12-21(19-7-9-29-10-8-19)13-30-25(23)36-24(17)15-31(3)26(34)20-5-4-6-22(28)11-20/h4-13,17-18,24,33H,14-16H2,1-3H3/t17-,18-,24+/m0/s1. The van der Waals surface area contributed by atoms with Crippen LogP contribution in [0.25, 0.3) is 11.1 Å². The summed E-state index contributed by atoms with van der Waals surface area (Å²) in [5.41, 5.74) is 2.10. The number of benzene rings is 1. The first kappa shape index (κ1) is 25.2. The molecule has 0 aliphatic carbocycles. The number of carbonyl (C=O) groups excluding carboxylic acids is 2. The van der Waals surface area contributed by atoms with E-state index >= 15 is 0 Å². The number of halogens is 1. The molecular weight excluding hydrogens is 463 g/mol. The highest BCUT2D eigenvalue weighted by atomic mass is 19.1. The van der Waals surface area contributed by atoms with Crippen LogP contribution in [0.15, 0.2) is 61.1 Å². The molecule has 188 valence electrons. The topological polar surface area (TPSA) is 95.9 Å². The monoisotopic (exact) mass is 492 g/mol. The van der Waals surface area contributed by atoms with Crippen LogP contribution in [0.1, 0.15) is 34.6 Å². The first-order chi connectivity index (χ1) is 17.3. The van der Waals surface area contributed by atoms with Gasteiger partial charge in [-0.1, -0.05) is 13.0 Å². The third kappa shape index (κ3) is 5.36. The minimum atomic E-state index is -0.507. The van der Waals surface area contributed by atoms with Crippen molar-refractivity contribution < 1.29 is 23.8 Å². The van der Waals surface area contributed by atoms with E-state index in [1.807, 2.05) is 19.1 Å². The molecule has 0 saturated heterocycles. The number of pyridine rings is 2. The number of aliphatic hydroxyl groups is 1. The molecule has 36 heavy (non-hydrogen) atoms. The molecule has 0 radical (unpaired) electrons. The van der Waals surface area contributed by atoms with Crippen molar-refractivity contribution in [2.24, 2.45) is 5.92 Å². The Labute approximate surface area is 209 Å². The maximum atomic E-state index is 13.7. The average molecular weight is 493 g/mol. The van der Waals surface area contributed by atoms with Crippen molar-refractivity contribution in [2.75, 3.05) is 26.7 Å². The lowest BCUT2D eigenvalue weighted by atomic mass is 9.99. The smallest absolute Gasteiger partial charge is 0.259 e. The molecule has 0 spiro atoms. The van der Waals surface area contributed by atoms with E-state index in [-0.39, 0.29) is 47.9 Å². The second-order valence-electron chi connectivity index (χ2n) is 9.13. The van der Waals surface area contributed by atoms with Crippen molar-refractivity contribution in [2.45, 2.75) is 26.0 Å².